The van der Waals surface area contributed by atoms with Crippen molar-refractivity contribution < 1.29 is 80.2 Å². The predicted octanol–water partition coefficient (Wildman–Crippen LogP) is 24.6. The first kappa shape index (κ1) is 98.1. The third-order valence-electron chi connectivity index (χ3n) is 19.1. The molecule has 3 N–H and O–H groups in total. The molecule has 0 aromatic rings. The van der Waals surface area contributed by atoms with Gasteiger partial charge in [-0.25, -0.2) is 9.13 Å². The molecule has 0 bridgehead atoms. The molecule has 4 unspecified atom stereocenters. The molecule has 0 radical (unpaired) electrons. The highest BCUT2D eigenvalue weighted by molar-refractivity contribution is 7.47. The van der Waals surface area contributed by atoms with Crippen molar-refractivity contribution in [3.05, 3.63) is 0 Å². The first-order valence-electron chi connectivity index (χ1n) is 42.3. The molecule has 0 heterocycles. The number of hydrogen-bond donors (Lipinski definition) is 3. The molecule has 19 heteroatoms. The Morgan fingerprint density at radius 1 is 0.240 bits per heavy atom. The number of hydrogen-bond acceptors (Lipinski definition) is 15. The van der Waals surface area contributed by atoms with Gasteiger partial charge in [0.05, 0.1) is 26.4 Å². The molecule has 0 fully saturated rings. The van der Waals surface area contributed by atoms with E-state index in [4.69, 9.17) is 37.0 Å². The maximum Gasteiger partial charge on any atom is 0.472 e. The average molecular weight is 1470 g/mol. The quantitative estimate of drug-likeness (QED) is 0.0222. The van der Waals surface area contributed by atoms with E-state index in [0.717, 1.165) is 89.9 Å². The van der Waals surface area contributed by atoms with Crippen LogP contribution in [0.2, 0.25) is 0 Å². The van der Waals surface area contributed by atoms with Gasteiger partial charge in [-0.3, -0.25) is 37.3 Å². The third-order valence-corrected chi connectivity index (χ3v) is 21.0. The van der Waals surface area contributed by atoms with Crippen LogP contribution in [0.25, 0.3) is 0 Å². The molecule has 0 saturated carbocycles. The van der Waals surface area contributed by atoms with E-state index in [1.165, 1.54) is 270 Å². The van der Waals surface area contributed by atoms with Crippen LogP contribution >= 0.6 is 15.6 Å². The van der Waals surface area contributed by atoms with Crippen molar-refractivity contribution in [2.24, 2.45) is 0 Å². The molecule has 0 amide bonds. The molecule has 100 heavy (non-hydrogen) atoms. The summed E-state index contributed by atoms with van der Waals surface area (Å²) in [6.45, 7) is 5.05. The Balaban J connectivity index is 5.27. The Morgan fingerprint density at radius 3 is 0.590 bits per heavy atom. The standard InChI is InChI=1S/C81H158O17P2/c1-5-9-13-17-21-25-29-33-37-41-45-49-53-57-61-65-78(83)91-71-76(97-80(85)67-63-59-55-51-47-43-39-35-31-27-23-19-15-11-7-3)73-95-99(87,88)93-69-75(82)70-94-100(89,90)96-74-77(98-81(86)68-64-60-56-52-48-44-40-36-32-28-24-20-16-12-8-4)72-92-79(84)66-62-58-54-50-46-42-38-34-30-26-22-18-14-10-6-2/h75-77,82H,5-74H2,1-4H3,(H,87,88)(H,89,90). The fraction of sp³-hybridized carbons (Fsp3) is 0.951. The Labute approximate surface area is 613 Å². The normalized spacial score (nSPS) is 13.8. The van der Waals surface area contributed by atoms with E-state index < -0.39 is 97.5 Å². The molecule has 4 atom stereocenters. The zero-order chi connectivity index (χ0) is 73.2. The van der Waals surface area contributed by atoms with Gasteiger partial charge in [-0.05, 0) is 25.7 Å². The SMILES string of the molecule is CCCCCCCCCCCCCCCCCC(=O)OCC(COP(=O)(O)OCC(O)COP(=O)(O)OCC(COC(=O)CCCCCCCCCCCCCCCCC)OC(=O)CCCCCCCCCCCCCCCCC)OC(=O)CCCCCCCCCCCCCCCCC. The molecule has 17 nitrogen and oxygen atoms in total. The summed E-state index contributed by atoms with van der Waals surface area (Å²) in [5.41, 5.74) is 0. The molecular weight excluding hydrogens is 1310 g/mol. The van der Waals surface area contributed by atoms with Crippen molar-refractivity contribution in [3.63, 3.8) is 0 Å². The number of aliphatic hydroxyl groups is 1. The Bertz CT molecular complexity index is 1760. The summed E-state index contributed by atoms with van der Waals surface area (Å²) in [7, 11) is -9.92. The van der Waals surface area contributed by atoms with Crippen molar-refractivity contribution in [1.29, 1.82) is 0 Å². The summed E-state index contributed by atoms with van der Waals surface area (Å²) in [4.78, 5) is 73.1. The smallest absolute Gasteiger partial charge is 0.462 e. The fourth-order valence-electron chi connectivity index (χ4n) is 12.6. The molecule has 0 aliphatic carbocycles. The summed E-state index contributed by atoms with van der Waals surface area (Å²) in [5, 5.41) is 10.7. The van der Waals surface area contributed by atoms with E-state index in [1.54, 1.807) is 0 Å². The van der Waals surface area contributed by atoms with Crippen molar-refractivity contribution in [3.8, 4) is 0 Å². The number of rotatable bonds is 82. The number of ether oxygens (including phenoxy) is 4. The first-order chi connectivity index (χ1) is 48.7. The van der Waals surface area contributed by atoms with Crippen LogP contribution in [0.4, 0.5) is 0 Å². The van der Waals surface area contributed by atoms with E-state index in [0.29, 0.717) is 25.7 Å². The highest BCUT2D eigenvalue weighted by Gasteiger charge is 2.30. The monoisotopic (exact) mass is 1470 g/mol. The van der Waals surface area contributed by atoms with Crippen LogP contribution < -0.4 is 0 Å². The van der Waals surface area contributed by atoms with Crippen molar-refractivity contribution in [2.75, 3.05) is 39.6 Å². The molecule has 0 spiro atoms. The number of phosphoric ester groups is 2. The Morgan fingerprint density at radius 2 is 0.400 bits per heavy atom. The zero-order valence-electron chi connectivity index (χ0n) is 65.2. The number of phosphoric acid groups is 2. The second kappa shape index (κ2) is 75.3. The minimum Gasteiger partial charge on any atom is -0.462 e. The molecule has 0 rings (SSSR count). The van der Waals surface area contributed by atoms with Gasteiger partial charge in [0.15, 0.2) is 12.2 Å². The van der Waals surface area contributed by atoms with Crippen molar-refractivity contribution >= 4 is 39.5 Å². The Kier molecular flexibility index (Phi) is 73.8. The van der Waals surface area contributed by atoms with Gasteiger partial charge in [0.1, 0.15) is 19.3 Å². The lowest BCUT2D eigenvalue weighted by molar-refractivity contribution is -0.161. The highest BCUT2D eigenvalue weighted by Crippen LogP contribution is 2.45. The van der Waals surface area contributed by atoms with E-state index in [2.05, 4.69) is 27.7 Å². The second-order valence-electron chi connectivity index (χ2n) is 29.2. The summed E-state index contributed by atoms with van der Waals surface area (Å²) >= 11 is 0. The van der Waals surface area contributed by atoms with Crippen molar-refractivity contribution in [2.45, 2.75) is 457 Å². The maximum atomic E-state index is 13.1. The molecule has 0 aliphatic heterocycles. The van der Waals surface area contributed by atoms with Crippen LogP contribution in [-0.4, -0.2) is 96.7 Å². The molecule has 0 aromatic carbocycles. The van der Waals surface area contributed by atoms with Gasteiger partial charge in [-0.2, -0.15) is 0 Å². The summed E-state index contributed by atoms with van der Waals surface area (Å²) in [5.74, 6) is -2.10. The van der Waals surface area contributed by atoms with Gasteiger partial charge in [0.2, 0.25) is 0 Å². The predicted molar refractivity (Wildman–Crippen MR) is 409 cm³/mol. The van der Waals surface area contributed by atoms with Gasteiger partial charge >= 0.3 is 39.5 Å². The van der Waals surface area contributed by atoms with Crippen LogP contribution in [0.1, 0.15) is 439 Å². The summed E-state index contributed by atoms with van der Waals surface area (Å²) < 4.78 is 68.8. The number of carbonyl (C=O) groups excluding carboxylic acids is 4. The van der Waals surface area contributed by atoms with Gasteiger partial charge in [-0.1, -0.05) is 387 Å². The van der Waals surface area contributed by atoms with E-state index in [1.807, 2.05) is 0 Å². The topological polar surface area (TPSA) is 237 Å². The fourth-order valence-corrected chi connectivity index (χ4v) is 14.2. The highest BCUT2D eigenvalue weighted by atomic mass is 31.2. The summed E-state index contributed by atoms with van der Waals surface area (Å²) in [6, 6.07) is 0. The van der Waals surface area contributed by atoms with Crippen LogP contribution in [-0.2, 0) is 65.4 Å². The number of unbranched alkanes of at least 4 members (excludes halogenated alkanes) is 56. The molecular formula is C81H158O17P2. The minimum absolute atomic E-state index is 0.109. The van der Waals surface area contributed by atoms with E-state index >= 15 is 0 Å². The average Bonchev–Trinajstić information content (AvgIpc) is 1.01. The molecule has 0 saturated heterocycles. The zero-order valence-corrected chi connectivity index (χ0v) is 67.0. The largest absolute Gasteiger partial charge is 0.472 e. The Hall–Kier alpha value is -1.94. The number of aliphatic hydroxyl groups excluding tert-OH is 1. The van der Waals surface area contributed by atoms with Gasteiger partial charge < -0.3 is 33.8 Å². The minimum atomic E-state index is -4.96. The lowest BCUT2D eigenvalue weighted by Gasteiger charge is -2.21. The van der Waals surface area contributed by atoms with Crippen LogP contribution in [0, 0.1) is 0 Å². The van der Waals surface area contributed by atoms with Crippen LogP contribution in [0.3, 0.4) is 0 Å². The third kappa shape index (κ3) is 74.3. The van der Waals surface area contributed by atoms with Gasteiger partial charge in [0, 0.05) is 25.7 Å². The van der Waals surface area contributed by atoms with E-state index in [-0.39, 0.29) is 25.7 Å². The molecule has 594 valence electrons. The van der Waals surface area contributed by atoms with Crippen molar-refractivity contribution in [1.82, 2.24) is 0 Å². The van der Waals surface area contributed by atoms with Gasteiger partial charge in [-0.15, -0.1) is 0 Å². The maximum absolute atomic E-state index is 13.1. The first-order valence-corrected chi connectivity index (χ1v) is 45.3. The lowest BCUT2D eigenvalue weighted by Crippen LogP contribution is -2.30. The number of carbonyl (C=O) groups is 4. The van der Waals surface area contributed by atoms with Crippen LogP contribution in [0.15, 0.2) is 0 Å². The van der Waals surface area contributed by atoms with Gasteiger partial charge in [0.25, 0.3) is 0 Å². The number of esters is 4. The lowest BCUT2D eigenvalue weighted by atomic mass is 10.0. The second-order valence-corrected chi connectivity index (χ2v) is 32.1. The summed E-state index contributed by atoms with van der Waals surface area (Å²) in [6.07, 6.45) is 67.7. The van der Waals surface area contributed by atoms with E-state index in [9.17, 15) is 43.2 Å². The van der Waals surface area contributed by atoms with Crippen LogP contribution in [0.5, 0.6) is 0 Å². The molecule has 0 aromatic heterocycles. The molecule has 0 aliphatic rings.